The van der Waals surface area contributed by atoms with E-state index in [-0.39, 0.29) is 18.9 Å². The van der Waals surface area contributed by atoms with Gasteiger partial charge in [-0.05, 0) is 42.3 Å². The summed E-state index contributed by atoms with van der Waals surface area (Å²) in [4.78, 5) is 39.0. The number of nitrogens with one attached hydrogen (secondary N) is 1. The first-order chi connectivity index (χ1) is 14.3. The maximum absolute atomic E-state index is 13.0. The lowest BCUT2D eigenvalue weighted by Gasteiger charge is -2.20. The van der Waals surface area contributed by atoms with Gasteiger partial charge in [0.05, 0.1) is 5.69 Å². The predicted octanol–water partition coefficient (Wildman–Crippen LogP) is 2.40. The molecule has 8 nitrogen and oxygen atoms in total. The smallest absolute Gasteiger partial charge is 0.263 e. The molecule has 2 aromatic carbocycles. The van der Waals surface area contributed by atoms with E-state index in [0.29, 0.717) is 10.7 Å². The Morgan fingerprint density at radius 3 is 2.60 bits per heavy atom. The molecule has 2 atom stereocenters. The van der Waals surface area contributed by atoms with Crippen molar-refractivity contribution in [1.29, 1.82) is 0 Å². The average molecular weight is 430 g/mol. The standard InChI is InChI=1S/C20H17ClFN5O3/c1-11-2-7-14(8-15(11)21)27-19(29)17-18(20(27)30)26(25-24-17)10-16(28)23-9-12-3-5-13(22)6-4-12/h2-8,17-18H,9-10H2,1H3,(H,23,28)/t17-,18-/m1/s1. The van der Waals surface area contributed by atoms with Crippen LogP contribution in [0.1, 0.15) is 11.1 Å². The molecule has 0 aliphatic carbocycles. The van der Waals surface area contributed by atoms with E-state index in [1.807, 2.05) is 6.92 Å². The van der Waals surface area contributed by atoms with E-state index in [0.717, 1.165) is 16.0 Å². The van der Waals surface area contributed by atoms with Crippen molar-refractivity contribution in [1.82, 2.24) is 10.3 Å². The highest BCUT2D eigenvalue weighted by molar-refractivity contribution is 6.32. The van der Waals surface area contributed by atoms with Crippen LogP contribution in [-0.4, -0.2) is 41.4 Å². The van der Waals surface area contributed by atoms with Crippen molar-refractivity contribution in [2.75, 3.05) is 11.4 Å². The molecule has 0 aromatic heterocycles. The molecule has 10 heteroatoms. The number of carbonyl (C=O) groups is 3. The number of halogens is 2. The van der Waals surface area contributed by atoms with Crippen molar-refractivity contribution in [3.63, 3.8) is 0 Å². The minimum Gasteiger partial charge on any atom is -0.350 e. The summed E-state index contributed by atoms with van der Waals surface area (Å²) in [6, 6.07) is 8.64. The summed E-state index contributed by atoms with van der Waals surface area (Å²) in [5.74, 6) is -1.79. The largest absolute Gasteiger partial charge is 0.350 e. The molecule has 4 rings (SSSR count). The van der Waals surface area contributed by atoms with Crippen LogP contribution in [0.25, 0.3) is 0 Å². The van der Waals surface area contributed by atoms with E-state index in [2.05, 4.69) is 15.7 Å². The molecule has 1 N–H and O–H groups in total. The summed E-state index contributed by atoms with van der Waals surface area (Å²) < 4.78 is 13.0. The number of rotatable bonds is 5. The molecule has 1 fully saturated rings. The Kier molecular flexibility index (Phi) is 5.21. The van der Waals surface area contributed by atoms with E-state index in [1.165, 1.54) is 17.1 Å². The van der Waals surface area contributed by atoms with Gasteiger partial charge in [0.25, 0.3) is 11.8 Å². The van der Waals surface area contributed by atoms with Gasteiger partial charge in [0, 0.05) is 11.6 Å². The van der Waals surface area contributed by atoms with Gasteiger partial charge in [0.1, 0.15) is 12.4 Å². The number of carbonyl (C=O) groups excluding carboxylic acids is 3. The topological polar surface area (TPSA) is 94.4 Å². The summed E-state index contributed by atoms with van der Waals surface area (Å²) in [7, 11) is 0. The number of aryl methyl sites for hydroxylation is 1. The van der Waals surface area contributed by atoms with Crippen molar-refractivity contribution >= 4 is 35.0 Å². The Morgan fingerprint density at radius 1 is 1.17 bits per heavy atom. The number of hydrogen-bond acceptors (Lipinski definition) is 6. The van der Waals surface area contributed by atoms with E-state index < -0.39 is 29.8 Å². The van der Waals surface area contributed by atoms with Gasteiger partial charge in [-0.15, -0.1) is 0 Å². The van der Waals surface area contributed by atoms with Crippen molar-refractivity contribution in [2.45, 2.75) is 25.6 Å². The average Bonchev–Trinajstić information content (AvgIpc) is 3.23. The van der Waals surface area contributed by atoms with Crippen LogP contribution in [0.4, 0.5) is 10.1 Å². The van der Waals surface area contributed by atoms with Crippen molar-refractivity contribution in [3.8, 4) is 0 Å². The number of imide groups is 1. The maximum atomic E-state index is 13.0. The highest BCUT2D eigenvalue weighted by Crippen LogP contribution is 2.33. The second-order valence-corrected chi connectivity index (χ2v) is 7.45. The summed E-state index contributed by atoms with van der Waals surface area (Å²) in [6.45, 7) is 1.77. The normalized spacial score (nSPS) is 20.1. The molecule has 0 unspecified atom stereocenters. The molecule has 2 aliphatic rings. The van der Waals surface area contributed by atoms with Crippen LogP contribution in [0.15, 0.2) is 52.8 Å². The monoisotopic (exact) mass is 429 g/mol. The summed E-state index contributed by atoms with van der Waals surface area (Å²) in [6.07, 6.45) is 0. The fourth-order valence-electron chi connectivity index (χ4n) is 3.34. The van der Waals surface area contributed by atoms with Gasteiger partial charge in [-0.1, -0.05) is 35.0 Å². The first-order valence-corrected chi connectivity index (χ1v) is 9.55. The van der Waals surface area contributed by atoms with Crippen LogP contribution in [-0.2, 0) is 20.9 Å². The third-order valence-corrected chi connectivity index (χ3v) is 5.39. The summed E-state index contributed by atoms with van der Waals surface area (Å²) >= 11 is 6.12. The SMILES string of the molecule is Cc1ccc(N2C(=O)[C@@H]3N=NN(CC(=O)NCc4ccc(F)cc4)[C@H]3C2=O)cc1Cl. The van der Waals surface area contributed by atoms with E-state index in [4.69, 9.17) is 11.6 Å². The van der Waals surface area contributed by atoms with Crippen molar-refractivity contribution in [2.24, 2.45) is 10.3 Å². The number of benzene rings is 2. The lowest BCUT2D eigenvalue weighted by Crippen LogP contribution is -2.44. The summed E-state index contributed by atoms with van der Waals surface area (Å²) in [5.41, 5.74) is 1.89. The number of hydrogen-bond donors (Lipinski definition) is 1. The molecular formula is C20H17ClFN5O3. The molecule has 2 aliphatic heterocycles. The Balaban J connectivity index is 1.43. The van der Waals surface area contributed by atoms with Crippen LogP contribution in [0.5, 0.6) is 0 Å². The predicted molar refractivity (Wildman–Crippen MR) is 106 cm³/mol. The van der Waals surface area contributed by atoms with Crippen LogP contribution < -0.4 is 10.2 Å². The van der Waals surface area contributed by atoms with Gasteiger partial charge in [-0.3, -0.25) is 19.4 Å². The van der Waals surface area contributed by atoms with Crippen molar-refractivity contribution in [3.05, 3.63) is 64.4 Å². The zero-order valence-electron chi connectivity index (χ0n) is 15.9. The Morgan fingerprint density at radius 2 is 1.90 bits per heavy atom. The number of amides is 3. The Labute approximate surface area is 176 Å². The van der Waals surface area contributed by atoms with Gasteiger partial charge >= 0.3 is 0 Å². The van der Waals surface area contributed by atoms with Crippen LogP contribution >= 0.6 is 11.6 Å². The second-order valence-electron chi connectivity index (χ2n) is 7.04. The molecule has 0 radical (unpaired) electrons. The minimum atomic E-state index is -0.998. The van der Waals surface area contributed by atoms with E-state index >= 15 is 0 Å². The highest BCUT2D eigenvalue weighted by Gasteiger charge is 2.55. The zero-order valence-corrected chi connectivity index (χ0v) is 16.6. The molecule has 2 aromatic rings. The third kappa shape index (κ3) is 3.63. The fraction of sp³-hybridized carbons (Fsp3) is 0.250. The molecule has 0 saturated carbocycles. The van der Waals surface area contributed by atoms with E-state index in [9.17, 15) is 18.8 Å². The van der Waals surface area contributed by atoms with E-state index in [1.54, 1.807) is 30.3 Å². The Bertz CT molecular complexity index is 1060. The van der Waals surface area contributed by atoms with Gasteiger partial charge in [-0.2, -0.15) is 5.11 Å². The maximum Gasteiger partial charge on any atom is 0.263 e. The number of nitrogens with zero attached hydrogens (tertiary/aromatic N) is 4. The summed E-state index contributed by atoms with van der Waals surface area (Å²) in [5, 5.41) is 12.1. The lowest BCUT2D eigenvalue weighted by atomic mass is 10.1. The van der Waals surface area contributed by atoms with Gasteiger partial charge < -0.3 is 5.32 Å². The molecule has 3 amide bonds. The molecule has 1 saturated heterocycles. The number of fused-ring (bicyclic) bond motifs is 1. The van der Waals surface area contributed by atoms with Gasteiger partial charge in [0.2, 0.25) is 5.91 Å². The highest BCUT2D eigenvalue weighted by atomic mass is 35.5. The van der Waals surface area contributed by atoms with Crippen LogP contribution in [0.3, 0.4) is 0 Å². The van der Waals surface area contributed by atoms with Gasteiger partial charge in [-0.25, -0.2) is 9.29 Å². The van der Waals surface area contributed by atoms with Crippen LogP contribution in [0.2, 0.25) is 5.02 Å². The third-order valence-electron chi connectivity index (χ3n) is 4.98. The molecule has 30 heavy (non-hydrogen) atoms. The first-order valence-electron chi connectivity index (χ1n) is 9.17. The minimum absolute atomic E-state index is 0.194. The first kappa shape index (κ1) is 20.0. The van der Waals surface area contributed by atoms with Crippen molar-refractivity contribution < 1.29 is 18.8 Å². The molecule has 0 spiro atoms. The van der Waals surface area contributed by atoms with Gasteiger partial charge in [0.15, 0.2) is 12.1 Å². The fourth-order valence-corrected chi connectivity index (χ4v) is 3.51. The lowest BCUT2D eigenvalue weighted by molar-refractivity contribution is -0.125. The number of anilines is 1. The Hall–Kier alpha value is -3.33. The molecular weight excluding hydrogens is 413 g/mol. The quantitative estimate of drug-likeness (QED) is 0.738. The van der Waals surface area contributed by atoms with Crippen LogP contribution in [0, 0.1) is 12.7 Å². The zero-order chi connectivity index (χ0) is 21.4. The molecule has 2 heterocycles. The molecule has 154 valence electrons. The second kappa shape index (κ2) is 7.83. The molecule has 0 bridgehead atoms.